The molecule has 2 nitrogen and oxygen atoms in total. The Kier molecular flexibility index (Phi) is 5.67. The molecule has 0 saturated heterocycles. The summed E-state index contributed by atoms with van der Waals surface area (Å²) >= 11 is 0. The van der Waals surface area contributed by atoms with Crippen LogP contribution in [0.25, 0.3) is 0 Å². The van der Waals surface area contributed by atoms with Crippen molar-refractivity contribution in [2.45, 2.75) is 58.0 Å². The summed E-state index contributed by atoms with van der Waals surface area (Å²) in [5.41, 5.74) is 2.13. The van der Waals surface area contributed by atoms with E-state index in [9.17, 15) is 5.11 Å². The molecule has 0 spiro atoms. The van der Waals surface area contributed by atoms with Crippen LogP contribution in [0.15, 0.2) is 24.3 Å². The quantitative estimate of drug-likeness (QED) is 0.717. The van der Waals surface area contributed by atoms with Gasteiger partial charge in [0.25, 0.3) is 0 Å². The molecule has 0 amide bonds. The van der Waals surface area contributed by atoms with Gasteiger partial charge in [-0.05, 0) is 24.1 Å². The molecule has 102 valence electrons. The SMILES string of the molecule is CCCCCC(O)C(C)(C)c1ccc(NC)cc1. The average Bonchev–Trinajstić information content (AvgIpc) is 2.39. The molecule has 0 saturated carbocycles. The molecular weight excluding hydrogens is 222 g/mol. The maximum Gasteiger partial charge on any atom is 0.0631 e. The molecular formula is C16H27NO. The van der Waals surface area contributed by atoms with Crippen LogP contribution in [0.3, 0.4) is 0 Å². The second-order valence-electron chi connectivity index (χ2n) is 5.56. The monoisotopic (exact) mass is 249 g/mol. The van der Waals surface area contributed by atoms with E-state index in [1.165, 1.54) is 18.4 Å². The van der Waals surface area contributed by atoms with Crippen molar-refractivity contribution in [3.05, 3.63) is 29.8 Å². The van der Waals surface area contributed by atoms with Crippen molar-refractivity contribution in [3.63, 3.8) is 0 Å². The van der Waals surface area contributed by atoms with E-state index in [0.29, 0.717) is 0 Å². The van der Waals surface area contributed by atoms with Crippen molar-refractivity contribution in [1.29, 1.82) is 0 Å². The van der Waals surface area contributed by atoms with Gasteiger partial charge in [-0.1, -0.05) is 52.2 Å². The number of aliphatic hydroxyl groups is 1. The van der Waals surface area contributed by atoms with E-state index in [2.05, 4.69) is 50.4 Å². The number of hydrogen-bond acceptors (Lipinski definition) is 2. The molecule has 0 aromatic heterocycles. The molecule has 1 aromatic rings. The van der Waals surface area contributed by atoms with Crippen molar-refractivity contribution in [3.8, 4) is 0 Å². The Labute approximate surface area is 111 Å². The lowest BCUT2D eigenvalue weighted by atomic mass is 9.77. The zero-order valence-electron chi connectivity index (χ0n) is 12.2. The summed E-state index contributed by atoms with van der Waals surface area (Å²) in [7, 11) is 1.92. The lowest BCUT2D eigenvalue weighted by molar-refractivity contribution is 0.0886. The lowest BCUT2D eigenvalue weighted by Crippen LogP contribution is -2.33. The average molecular weight is 249 g/mol. The smallest absolute Gasteiger partial charge is 0.0631 e. The molecule has 0 heterocycles. The van der Waals surface area contributed by atoms with Gasteiger partial charge >= 0.3 is 0 Å². The van der Waals surface area contributed by atoms with Crippen LogP contribution in [0.5, 0.6) is 0 Å². The third kappa shape index (κ3) is 3.74. The number of unbranched alkanes of at least 4 members (excludes halogenated alkanes) is 2. The van der Waals surface area contributed by atoms with Crippen LogP contribution < -0.4 is 5.32 Å². The predicted octanol–water partition coefficient (Wildman–Crippen LogP) is 3.95. The summed E-state index contributed by atoms with van der Waals surface area (Å²) in [5.74, 6) is 0. The summed E-state index contributed by atoms with van der Waals surface area (Å²) in [6, 6.07) is 8.34. The predicted molar refractivity (Wildman–Crippen MR) is 79.2 cm³/mol. The van der Waals surface area contributed by atoms with Crippen LogP contribution in [0.2, 0.25) is 0 Å². The molecule has 1 unspecified atom stereocenters. The van der Waals surface area contributed by atoms with E-state index in [1.54, 1.807) is 0 Å². The Morgan fingerprint density at radius 2 is 1.78 bits per heavy atom. The Morgan fingerprint density at radius 1 is 1.17 bits per heavy atom. The van der Waals surface area contributed by atoms with Gasteiger partial charge in [-0.25, -0.2) is 0 Å². The topological polar surface area (TPSA) is 32.3 Å². The van der Waals surface area contributed by atoms with E-state index in [4.69, 9.17) is 0 Å². The molecule has 1 atom stereocenters. The first-order chi connectivity index (χ1) is 8.52. The normalized spacial score (nSPS) is 13.4. The van der Waals surface area contributed by atoms with Crippen molar-refractivity contribution in [2.24, 2.45) is 0 Å². The van der Waals surface area contributed by atoms with Gasteiger partial charge in [0.05, 0.1) is 6.10 Å². The Hall–Kier alpha value is -1.02. The van der Waals surface area contributed by atoms with E-state index < -0.39 is 0 Å². The van der Waals surface area contributed by atoms with Crippen LogP contribution in [-0.2, 0) is 5.41 Å². The summed E-state index contributed by atoms with van der Waals surface area (Å²) < 4.78 is 0. The highest BCUT2D eigenvalue weighted by Crippen LogP contribution is 2.30. The first kappa shape index (κ1) is 15.0. The number of nitrogens with one attached hydrogen (secondary N) is 1. The van der Waals surface area contributed by atoms with Gasteiger partial charge in [0.1, 0.15) is 0 Å². The zero-order chi connectivity index (χ0) is 13.6. The minimum Gasteiger partial charge on any atom is -0.392 e. The molecule has 0 fully saturated rings. The summed E-state index contributed by atoms with van der Waals surface area (Å²) in [5, 5.41) is 13.5. The van der Waals surface area contributed by atoms with Gasteiger partial charge in [0, 0.05) is 18.2 Å². The van der Waals surface area contributed by atoms with Crippen molar-refractivity contribution < 1.29 is 5.11 Å². The van der Waals surface area contributed by atoms with Crippen molar-refractivity contribution in [2.75, 3.05) is 12.4 Å². The zero-order valence-corrected chi connectivity index (χ0v) is 12.2. The molecule has 0 aliphatic rings. The minimum absolute atomic E-state index is 0.181. The van der Waals surface area contributed by atoms with E-state index in [0.717, 1.165) is 18.5 Å². The third-order valence-electron chi connectivity index (χ3n) is 3.83. The molecule has 0 radical (unpaired) electrons. The molecule has 18 heavy (non-hydrogen) atoms. The third-order valence-corrected chi connectivity index (χ3v) is 3.83. The summed E-state index contributed by atoms with van der Waals surface area (Å²) in [6.45, 7) is 6.43. The fourth-order valence-electron chi connectivity index (χ4n) is 2.21. The van der Waals surface area contributed by atoms with Gasteiger partial charge in [0.15, 0.2) is 0 Å². The fraction of sp³-hybridized carbons (Fsp3) is 0.625. The maximum absolute atomic E-state index is 10.4. The van der Waals surface area contributed by atoms with Gasteiger partial charge in [-0.15, -0.1) is 0 Å². The molecule has 1 aromatic carbocycles. The van der Waals surface area contributed by atoms with E-state index in [-0.39, 0.29) is 11.5 Å². The molecule has 2 heteroatoms. The van der Waals surface area contributed by atoms with Crippen LogP contribution in [0.1, 0.15) is 52.0 Å². The van der Waals surface area contributed by atoms with Gasteiger partial charge in [-0.2, -0.15) is 0 Å². The van der Waals surface area contributed by atoms with Crippen LogP contribution in [0, 0.1) is 0 Å². The fourth-order valence-corrected chi connectivity index (χ4v) is 2.21. The Balaban J connectivity index is 2.70. The highest BCUT2D eigenvalue weighted by Gasteiger charge is 2.29. The van der Waals surface area contributed by atoms with Crippen LogP contribution >= 0.6 is 0 Å². The first-order valence-electron chi connectivity index (χ1n) is 6.98. The Bertz CT molecular complexity index is 343. The number of benzene rings is 1. The van der Waals surface area contributed by atoms with Gasteiger partial charge in [0.2, 0.25) is 0 Å². The molecule has 2 N–H and O–H groups in total. The van der Waals surface area contributed by atoms with Crippen molar-refractivity contribution in [1.82, 2.24) is 0 Å². The number of hydrogen-bond donors (Lipinski definition) is 2. The molecule has 1 rings (SSSR count). The molecule has 0 aliphatic carbocycles. The second kappa shape index (κ2) is 6.79. The van der Waals surface area contributed by atoms with E-state index in [1.807, 2.05) is 7.05 Å². The van der Waals surface area contributed by atoms with Crippen LogP contribution in [0.4, 0.5) is 5.69 Å². The van der Waals surface area contributed by atoms with Gasteiger partial charge < -0.3 is 10.4 Å². The minimum atomic E-state index is -0.274. The first-order valence-corrected chi connectivity index (χ1v) is 6.98. The Morgan fingerprint density at radius 3 is 2.28 bits per heavy atom. The second-order valence-corrected chi connectivity index (χ2v) is 5.56. The lowest BCUT2D eigenvalue weighted by Gasteiger charge is -2.31. The van der Waals surface area contributed by atoms with E-state index >= 15 is 0 Å². The van der Waals surface area contributed by atoms with Crippen LogP contribution in [-0.4, -0.2) is 18.3 Å². The summed E-state index contributed by atoms with van der Waals surface area (Å²) in [6.07, 6.45) is 4.12. The highest BCUT2D eigenvalue weighted by molar-refractivity contribution is 5.45. The van der Waals surface area contributed by atoms with Gasteiger partial charge in [-0.3, -0.25) is 0 Å². The summed E-state index contributed by atoms with van der Waals surface area (Å²) in [4.78, 5) is 0. The highest BCUT2D eigenvalue weighted by atomic mass is 16.3. The number of rotatable bonds is 7. The van der Waals surface area contributed by atoms with Crippen molar-refractivity contribution >= 4 is 5.69 Å². The number of anilines is 1. The molecule has 0 bridgehead atoms. The largest absolute Gasteiger partial charge is 0.392 e. The maximum atomic E-state index is 10.4. The number of aliphatic hydroxyl groups excluding tert-OH is 1. The molecule has 0 aliphatic heterocycles. The standard InChI is InChI=1S/C16H27NO/c1-5-6-7-8-15(18)16(2,3)13-9-11-14(17-4)12-10-13/h9-12,15,17-18H,5-8H2,1-4H3.